The largest absolute Gasteiger partial charge is 0.241 e. The van der Waals surface area contributed by atoms with Gasteiger partial charge in [0.15, 0.2) is 0 Å². The van der Waals surface area contributed by atoms with Crippen LogP contribution in [0.15, 0.2) is 12.1 Å². The van der Waals surface area contributed by atoms with Gasteiger partial charge in [-0.25, -0.2) is 4.98 Å². The first kappa shape index (κ1) is 5.57. The first-order valence-electron chi connectivity index (χ1n) is 2.30. The van der Waals surface area contributed by atoms with Crippen molar-refractivity contribution >= 4 is 11.6 Å². The molecule has 0 atom stereocenters. The maximum Gasteiger partial charge on any atom is 0.129 e. The van der Waals surface area contributed by atoms with Crippen molar-refractivity contribution in [2.24, 2.45) is 0 Å². The van der Waals surface area contributed by atoms with E-state index in [1.54, 1.807) is 12.1 Å². The molecule has 0 aliphatic carbocycles. The summed E-state index contributed by atoms with van der Waals surface area (Å²) in [6, 6.07) is 6.33. The van der Waals surface area contributed by atoms with Gasteiger partial charge >= 0.3 is 0 Å². The Labute approximate surface area is 53.3 Å². The first-order chi connectivity index (χ1) is 3.79. The lowest BCUT2D eigenvalue weighted by Crippen LogP contribution is -1.77. The predicted octanol–water partition coefficient (Wildman–Crippen LogP) is 1.84. The Morgan fingerprint density at radius 1 is 1.75 bits per heavy atom. The van der Waals surface area contributed by atoms with Gasteiger partial charge in [0.25, 0.3) is 0 Å². The van der Waals surface area contributed by atoms with E-state index in [0.717, 1.165) is 5.69 Å². The van der Waals surface area contributed by atoms with Gasteiger partial charge in [0, 0.05) is 11.8 Å². The quantitative estimate of drug-likeness (QED) is 0.484. The van der Waals surface area contributed by atoms with Crippen molar-refractivity contribution in [2.45, 2.75) is 6.92 Å². The number of halogens is 1. The Bertz CT molecular complexity index is 168. The smallest absolute Gasteiger partial charge is 0.129 e. The molecular formula is C6H5ClN. The summed E-state index contributed by atoms with van der Waals surface area (Å²) in [6.45, 7) is 1.85. The van der Waals surface area contributed by atoms with Crippen molar-refractivity contribution in [2.75, 3.05) is 0 Å². The zero-order valence-corrected chi connectivity index (χ0v) is 5.24. The zero-order chi connectivity index (χ0) is 5.98. The van der Waals surface area contributed by atoms with Crippen molar-refractivity contribution in [1.29, 1.82) is 0 Å². The van der Waals surface area contributed by atoms with Gasteiger partial charge < -0.3 is 0 Å². The number of aryl methyl sites for hydroxylation is 1. The highest BCUT2D eigenvalue weighted by Crippen LogP contribution is 2.01. The van der Waals surface area contributed by atoms with Gasteiger partial charge in [-0.05, 0) is 19.1 Å². The Morgan fingerprint density at radius 3 is 2.88 bits per heavy atom. The second-order valence-corrected chi connectivity index (χ2v) is 1.88. The van der Waals surface area contributed by atoms with Crippen molar-refractivity contribution < 1.29 is 0 Å². The van der Waals surface area contributed by atoms with Crippen LogP contribution >= 0.6 is 11.6 Å². The molecule has 0 amide bonds. The van der Waals surface area contributed by atoms with E-state index in [-0.39, 0.29) is 0 Å². The topological polar surface area (TPSA) is 12.9 Å². The molecule has 0 bridgehead atoms. The van der Waals surface area contributed by atoms with Crippen LogP contribution in [0.3, 0.4) is 0 Å². The molecule has 0 fully saturated rings. The number of hydrogen-bond acceptors (Lipinski definition) is 1. The average molecular weight is 127 g/mol. The molecule has 0 saturated carbocycles. The van der Waals surface area contributed by atoms with Crippen molar-refractivity contribution in [1.82, 2.24) is 4.98 Å². The van der Waals surface area contributed by atoms with E-state index in [4.69, 9.17) is 11.6 Å². The van der Waals surface area contributed by atoms with Crippen LogP contribution in [0.2, 0.25) is 5.15 Å². The van der Waals surface area contributed by atoms with Crippen LogP contribution in [0.4, 0.5) is 0 Å². The van der Waals surface area contributed by atoms with Crippen LogP contribution in [-0.2, 0) is 0 Å². The summed E-state index contributed by atoms with van der Waals surface area (Å²) in [5, 5.41) is 0.529. The van der Waals surface area contributed by atoms with E-state index in [2.05, 4.69) is 11.1 Å². The molecule has 0 aliphatic heterocycles. The fourth-order valence-corrected chi connectivity index (χ4v) is 0.651. The molecule has 1 aromatic heterocycles. The average Bonchev–Trinajstić information content (AvgIpc) is 1.64. The minimum absolute atomic E-state index is 0.529. The van der Waals surface area contributed by atoms with Gasteiger partial charge in [0.05, 0.1) is 0 Å². The summed E-state index contributed by atoms with van der Waals surface area (Å²) in [4.78, 5) is 3.88. The lowest BCUT2D eigenvalue weighted by Gasteiger charge is -1.87. The third-order valence-electron chi connectivity index (χ3n) is 0.788. The molecule has 0 saturated heterocycles. The Balaban J connectivity index is 3.08. The van der Waals surface area contributed by atoms with Gasteiger partial charge in [-0.2, -0.15) is 0 Å². The van der Waals surface area contributed by atoms with Crippen LogP contribution in [0.5, 0.6) is 0 Å². The third kappa shape index (κ3) is 1.20. The number of nitrogens with zero attached hydrogens (tertiary/aromatic N) is 1. The van der Waals surface area contributed by atoms with E-state index in [1.165, 1.54) is 0 Å². The maximum atomic E-state index is 5.51. The van der Waals surface area contributed by atoms with Crippen molar-refractivity contribution in [3.8, 4) is 0 Å². The van der Waals surface area contributed by atoms with E-state index in [1.807, 2.05) is 6.92 Å². The van der Waals surface area contributed by atoms with Crippen molar-refractivity contribution in [3.05, 3.63) is 29.0 Å². The lowest BCUT2D eigenvalue weighted by molar-refractivity contribution is 1.20. The standard InChI is InChI=1S/C6H5ClN/c1-5-3-2-4-6(7)8-5/h2,4H,1H3. The molecule has 0 aliphatic rings. The highest BCUT2D eigenvalue weighted by Gasteiger charge is 1.85. The zero-order valence-electron chi connectivity index (χ0n) is 4.48. The monoisotopic (exact) mass is 126 g/mol. The Kier molecular flexibility index (Phi) is 1.49. The maximum absolute atomic E-state index is 5.51. The molecule has 1 rings (SSSR count). The summed E-state index contributed by atoms with van der Waals surface area (Å²) in [5.74, 6) is 0. The molecule has 8 heavy (non-hydrogen) atoms. The van der Waals surface area contributed by atoms with Gasteiger partial charge in [-0.15, -0.1) is 0 Å². The number of hydrogen-bond donors (Lipinski definition) is 0. The number of pyridine rings is 1. The summed E-state index contributed by atoms with van der Waals surface area (Å²) >= 11 is 5.51. The first-order valence-corrected chi connectivity index (χ1v) is 2.67. The fourth-order valence-electron chi connectivity index (χ4n) is 0.461. The predicted molar refractivity (Wildman–Crippen MR) is 32.8 cm³/mol. The molecule has 1 radical (unpaired) electrons. The molecular weight excluding hydrogens is 122 g/mol. The number of rotatable bonds is 0. The highest BCUT2D eigenvalue weighted by atomic mass is 35.5. The summed E-state index contributed by atoms with van der Waals surface area (Å²) < 4.78 is 0. The van der Waals surface area contributed by atoms with Crippen LogP contribution in [0, 0.1) is 13.0 Å². The molecule has 1 nitrogen and oxygen atoms in total. The van der Waals surface area contributed by atoms with E-state index in [9.17, 15) is 0 Å². The SMILES string of the molecule is Cc1[c]ccc(Cl)n1. The second-order valence-electron chi connectivity index (χ2n) is 1.50. The molecule has 1 heterocycles. The summed E-state index contributed by atoms with van der Waals surface area (Å²) in [5.41, 5.74) is 0.831. The minimum atomic E-state index is 0.529. The van der Waals surface area contributed by atoms with Gasteiger partial charge in [-0.1, -0.05) is 11.6 Å². The van der Waals surface area contributed by atoms with Gasteiger partial charge in [0.2, 0.25) is 0 Å². The summed E-state index contributed by atoms with van der Waals surface area (Å²) in [7, 11) is 0. The van der Waals surface area contributed by atoms with Crippen LogP contribution in [0.1, 0.15) is 5.69 Å². The fraction of sp³-hybridized carbons (Fsp3) is 0.167. The normalized spacial score (nSPS) is 9.25. The Morgan fingerprint density at radius 2 is 2.50 bits per heavy atom. The molecule has 1 aromatic rings. The number of aromatic nitrogens is 1. The van der Waals surface area contributed by atoms with Gasteiger partial charge in [-0.3, -0.25) is 0 Å². The molecule has 0 aromatic carbocycles. The second kappa shape index (κ2) is 2.14. The van der Waals surface area contributed by atoms with Crippen LogP contribution < -0.4 is 0 Å². The molecule has 2 heteroatoms. The highest BCUT2D eigenvalue weighted by molar-refractivity contribution is 6.29. The van der Waals surface area contributed by atoms with Crippen LogP contribution in [0.25, 0.3) is 0 Å². The molecule has 0 unspecified atom stereocenters. The molecule has 0 spiro atoms. The summed E-state index contributed by atoms with van der Waals surface area (Å²) in [6.07, 6.45) is 0. The van der Waals surface area contributed by atoms with Crippen molar-refractivity contribution in [3.63, 3.8) is 0 Å². The molecule has 41 valence electrons. The third-order valence-corrected chi connectivity index (χ3v) is 0.998. The minimum Gasteiger partial charge on any atom is -0.241 e. The molecule has 0 N–H and O–H groups in total. The van der Waals surface area contributed by atoms with E-state index < -0.39 is 0 Å². The van der Waals surface area contributed by atoms with E-state index in [0.29, 0.717) is 5.15 Å². The van der Waals surface area contributed by atoms with Gasteiger partial charge in [0.1, 0.15) is 5.15 Å². The lowest BCUT2D eigenvalue weighted by atomic mass is 10.4. The van der Waals surface area contributed by atoms with Crippen LogP contribution in [-0.4, -0.2) is 4.98 Å². The Hall–Kier alpha value is -0.560. The van der Waals surface area contributed by atoms with E-state index >= 15 is 0 Å².